The first-order valence-electron chi connectivity index (χ1n) is 10.6. The Morgan fingerprint density at radius 2 is 2.06 bits per heavy atom. The molecule has 8 nitrogen and oxygen atoms in total. The average molecular weight is 431 g/mol. The summed E-state index contributed by atoms with van der Waals surface area (Å²) < 4.78 is 0. The summed E-state index contributed by atoms with van der Waals surface area (Å²) in [7, 11) is 0. The zero-order valence-electron chi connectivity index (χ0n) is 18.0. The molecule has 2 heterocycles. The Hall–Kier alpha value is -3.94. The van der Waals surface area contributed by atoms with Crippen LogP contribution >= 0.6 is 0 Å². The van der Waals surface area contributed by atoms with Gasteiger partial charge in [-0.2, -0.15) is 0 Å². The summed E-state index contributed by atoms with van der Waals surface area (Å²) in [5.74, 6) is -0.390. The van der Waals surface area contributed by atoms with Crippen LogP contribution in [0.2, 0.25) is 0 Å². The number of hydrogen-bond acceptors (Lipinski definition) is 6. The molecule has 1 unspecified atom stereocenters. The normalized spacial score (nSPS) is 13.4. The molecule has 2 aromatic carbocycles. The lowest BCUT2D eigenvalue weighted by Gasteiger charge is -2.17. The van der Waals surface area contributed by atoms with Gasteiger partial charge in [0, 0.05) is 42.3 Å². The maximum absolute atomic E-state index is 12.8. The van der Waals surface area contributed by atoms with Gasteiger partial charge in [0.1, 0.15) is 5.69 Å². The number of pyridine rings is 1. The van der Waals surface area contributed by atoms with Gasteiger partial charge in [0.2, 0.25) is 0 Å². The number of rotatable bonds is 7. The van der Waals surface area contributed by atoms with Crippen molar-refractivity contribution in [3.63, 3.8) is 0 Å². The molecule has 1 aliphatic rings. The number of aromatic nitrogens is 1. The van der Waals surface area contributed by atoms with Crippen molar-refractivity contribution in [2.75, 3.05) is 28.6 Å². The molecule has 1 atom stereocenters. The summed E-state index contributed by atoms with van der Waals surface area (Å²) in [6.45, 7) is 5.85. The Morgan fingerprint density at radius 1 is 1.22 bits per heavy atom. The number of nitrogens with zero attached hydrogens (tertiary/aromatic N) is 3. The van der Waals surface area contributed by atoms with E-state index in [9.17, 15) is 14.9 Å². The fourth-order valence-corrected chi connectivity index (χ4v) is 3.94. The number of amides is 1. The summed E-state index contributed by atoms with van der Waals surface area (Å²) in [6, 6.07) is 15.6. The Morgan fingerprint density at radius 3 is 2.78 bits per heavy atom. The van der Waals surface area contributed by atoms with Gasteiger partial charge in [0.05, 0.1) is 16.7 Å². The molecule has 164 valence electrons. The zero-order chi connectivity index (χ0) is 22.7. The first-order valence-corrected chi connectivity index (χ1v) is 10.6. The molecule has 8 heteroatoms. The highest BCUT2D eigenvalue weighted by molar-refractivity contribution is 6.05. The summed E-state index contributed by atoms with van der Waals surface area (Å²) in [4.78, 5) is 30.6. The minimum Gasteiger partial charge on any atom is -0.371 e. The Kier molecular flexibility index (Phi) is 6.02. The van der Waals surface area contributed by atoms with E-state index in [-0.39, 0.29) is 17.3 Å². The quantitative estimate of drug-likeness (QED) is 0.412. The molecule has 4 rings (SSSR count). The molecule has 2 N–H and O–H groups in total. The maximum atomic E-state index is 12.8. The molecule has 1 aliphatic heterocycles. The van der Waals surface area contributed by atoms with E-state index >= 15 is 0 Å². The van der Waals surface area contributed by atoms with Gasteiger partial charge < -0.3 is 15.5 Å². The molecule has 0 aliphatic carbocycles. The largest absolute Gasteiger partial charge is 0.371 e. The maximum Gasteiger partial charge on any atom is 0.293 e. The zero-order valence-corrected chi connectivity index (χ0v) is 18.0. The SMILES string of the molecule is CCN1CCc2ccc(NC(=O)c3ccc(NC(C)c4ccccn4)c([N+](=O)[O-])c3)cc21. The van der Waals surface area contributed by atoms with E-state index in [1.807, 2.05) is 43.3 Å². The second kappa shape index (κ2) is 9.05. The topological polar surface area (TPSA) is 100 Å². The fourth-order valence-electron chi connectivity index (χ4n) is 3.94. The van der Waals surface area contributed by atoms with Crippen molar-refractivity contribution >= 4 is 28.7 Å². The molecule has 0 spiro atoms. The van der Waals surface area contributed by atoms with E-state index in [1.165, 1.54) is 11.6 Å². The van der Waals surface area contributed by atoms with Gasteiger partial charge in [-0.05, 0) is 62.2 Å². The van der Waals surface area contributed by atoms with Gasteiger partial charge in [-0.3, -0.25) is 19.9 Å². The number of carbonyl (C=O) groups excluding carboxylic acids is 1. The number of hydrogen-bond donors (Lipinski definition) is 2. The lowest BCUT2D eigenvalue weighted by Crippen LogP contribution is -2.19. The number of carbonyl (C=O) groups is 1. The van der Waals surface area contributed by atoms with E-state index < -0.39 is 10.8 Å². The van der Waals surface area contributed by atoms with Gasteiger partial charge in [-0.25, -0.2) is 0 Å². The molecule has 32 heavy (non-hydrogen) atoms. The van der Waals surface area contributed by atoms with Crippen LogP contribution < -0.4 is 15.5 Å². The van der Waals surface area contributed by atoms with Crippen LogP contribution in [0, 0.1) is 10.1 Å². The van der Waals surface area contributed by atoms with E-state index in [2.05, 4.69) is 27.4 Å². The molecule has 1 aromatic heterocycles. The van der Waals surface area contributed by atoms with Crippen LogP contribution in [0.5, 0.6) is 0 Å². The predicted molar refractivity (Wildman–Crippen MR) is 125 cm³/mol. The van der Waals surface area contributed by atoms with Crippen molar-refractivity contribution < 1.29 is 9.72 Å². The van der Waals surface area contributed by atoms with E-state index in [0.717, 1.165) is 30.9 Å². The lowest BCUT2D eigenvalue weighted by molar-refractivity contribution is -0.384. The average Bonchev–Trinajstić information content (AvgIpc) is 3.22. The minimum atomic E-state index is -0.487. The van der Waals surface area contributed by atoms with Crippen LogP contribution in [-0.2, 0) is 6.42 Å². The van der Waals surface area contributed by atoms with Crippen LogP contribution in [0.25, 0.3) is 0 Å². The van der Waals surface area contributed by atoms with Crippen LogP contribution in [0.3, 0.4) is 0 Å². The standard InChI is InChI=1S/C24H25N5O3/c1-3-28-13-11-17-7-9-19(15-22(17)28)27-24(30)18-8-10-21(23(14-18)29(31)32)26-16(2)20-6-4-5-12-25-20/h4-10,12,14-16,26H,3,11,13H2,1-2H3,(H,27,30). The molecule has 0 radical (unpaired) electrons. The Balaban J connectivity index is 1.53. The second-order valence-electron chi connectivity index (χ2n) is 7.74. The van der Waals surface area contributed by atoms with Crippen LogP contribution in [0.15, 0.2) is 60.8 Å². The Bertz CT molecular complexity index is 1150. The number of anilines is 3. The van der Waals surface area contributed by atoms with Crippen molar-refractivity contribution in [3.05, 3.63) is 87.7 Å². The molecule has 0 saturated carbocycles. The number of likely N-dealkylation sites (N-methyl/N-ethyl adjacent to an activating group) is 1. The summed E-state index contributed by atoms with van der Waals surface area (Å²) >= 11 is 0. The Labute approximate surface area is 186 Å². The number of nitro groups is 1. The van der Waals surface area contributed by atoms with Gasteiger partial charge >= 0.3 is 0 Å². The number of nitro benzene ring substituents is 1. The minimum absolute atomic E-state index is 0.161. The fraction of sp³-hybridized carbons (Fsp3) is 0.250. The highest BCUT2D eigenvalue weighted by Crippen LogP contribution is 2.32. The third kappa shape index (κ3) is 4.39. The predicted octanol–water partition coefficient (Wildman–Crippen LogP) is 4.80. The first kappa shape index (κ1) is 21.3. The van der Waals surface area contributed by atoms with E-state index in [1.54, 1.807) is 18.3 Å². The highest BCUT2D eigenvalue weighted by atomic mass is 16.6. The van der Waals surface area contributed by atoms with Crippen molar-refractivity contribution in [3.8, 4) is 0 Å². The second-order valence-corrected chi connectivity index (χ2v) is 7.74. The molecule has 0 saturated heterocycles. The number of benzene rings is 2. The van der Waals surface area contributed by atoms with Crippen molar-refractivity contribution in [2.24, 2.45) is 0 Å². The molecular formula is C24H25N5O3. The van der Waals surface area contributed by atoms with Crippen LogP contribution in [0.1, 0.15) is 41.5 Å². The molecule has 3 aromatic rings. The summed E-state index contributed by atoms with van der Waals surface area (Å²) in [6.07, 6.45) is 2.67. The van der Waals surface area contributed by atoms with E-state index in [4.69, 9.17) is 0 Å². The van der Waals surface area contributed by atoms with Gasteiger partial charge in [0.25, 0.3) is 11.6 Å². The number of nitrogens with one attached hydrogen (secondary N) is 2. The van der Waals surface area contributed by atoms with Crippen molar-refractivity contribution in [1.29, 1.82) is 0 Å². The van der Waals surface area contributed by atoms with Gasteiger partial charge in [-0.1, -0.05) is 12.1 Å². The number of fused-ring (bicyclic) bond motifs is 1. The van der Waals surface area contributed by atoms with Gasteiger partial charge in [-0.15, -0.1) is 0 Å². The molecule has 0 bridgehead atoms. The molecule has 0 fully saturated rings. The van der Waals surface area contributed by atoms with E-state index in [0.29, 0.717) is 11.4 Å². The third-order valence-electron chi connectivity index (χ3n) is 5.68. The smallest absolute Gasteiger partial charge is 0.293 e. The van der Waals surface area contributed by atoms with Crippen molar-refractivity contribution in [2.45, 2.75) is 26.3 Å². The summed E-state index contributed by atoms with van der Waals surface area (Å²) in [5.41, 5.74) is 4.22. The van der Waals surface area contributed by atoms with Crippen LogP contribution in [0.4, 0.5) is 22.7 Å². The molecule has 1 amide bonds. The first-order chi connectivity index (χ1) is 15.5. The van der Waals surface area contributed by atoms with Crippen LogP contribution in [-0.4, -0.2) is 28.9 Å². The third-order valence-corrected chi connectivity index (χ3v) is 5.68. The van der Waals surface area contributed by atoms with Crippen molar-refractivity contribution in [1.82, 2.24) is 4.98 Å². The lowest BCUT2D eigenvalue weighted by atomic mass is 10.1. The highest BCUT2D eigenvalue weighted by Gasteiger charge is 2.21. The monoisotopic (exact) mass is 431 g/mol. The summed E-state index contributed by atoms with van der Waals surface area (Å²) in [5, 5.41) is 17.7. The van der Waals surface area contributed by atoms with Gasteiger partial charge in [0.15, 0.2) is 0 Å². The molecular weight excluding hydrogens is 406 g/mol.